The van der Waals surface area contributed by atoms with Crippen LogP contribution in [0.3, 0.4) is 0 Å². The topological polar surface area (TPSA) is 95.3 Å². The Bertz CT molecular complexity index is 1170. The maximum atomic E-state index is 12.4. The van der Waals surface area contributed by atoms with Gasteiger partial charge in [0, 0.05) is 18.0 Å². The van der Waals surface area contributed by atoms with Gasteiger partial charge < -0.3 is 19.4 Å². The van der Waals surface area contributed by atoms with Gasteiger partial charge in [0.25, 0.3) is 0 Å². The first-order valence-corrected chi connectivity index (χ1v) is 12.7. The monoisotopic (exact) mass is 540 g/mol. The predicted molar refractivity (Wildman–Crippen MR) is 136 cm³/mol. The van der Waals surface area contributed by atoms with Gasteiger partial charge in [-0.3, -0.25) is 4.79 Å². The molecule has 1 amide bonds. The molecule has 0 radical (unpaired) electrons. The Morgan fingerprint density at radius 2 is 2.12 bits per heavy atom. The number of nitrogens with zero attached hydrogens (tertiary/aromatic N) is 3. The van der Waals surface area contributed by atoms with Gasteiger partial charge in [-0.2, -0.15) is 0 Å². The van der Waals surface area contributed by atoms with Crippen LogP contribution in [-0.4, -0.2) is 46.1 Å². The zero-order valence-electron chi connectivity index (χ0n) is 18.3. The van der Waals surface area contributed by atoms with Crippen molar-refractivity contribution in [1.29, 1.82) is 0 Å². The summed E-state index contributed by atoms with van der Waals surface area (Å²) >= 11 is 14.5. The predicted octanol–water partition coefficient (Wildman–Crippen LogP) is 5.36. The number of thioether (sulfide) groups is 1. The number of aromatic nitrogens is 3. The molecule has 12 heteroatoms. The van der Waals surface area contributed by atoms with Crippen molar-refractivity contribution < 1.29 is 19.1 Å². The number of benzene rings is 1. The highest BCUT2D eigenvalue weighted by Gasteiger charge is 2.17. The number of carbonyl (C=O) groups is 2. The van der Waals surface area contributed by atoms with Gasteiger partial charge in [-0.1, -0.05) is 41.0 Å². The molecule has 0 saturated carbocycles. The van der Waals surface area contributed by atoms with Crippen molar-refractivity contribution in [3.05, 3.63) is 63.7 Å². The number of hydrogen-bond acceptors (Lipinski definition) is 8. The van der Waals surface area contributed by atoms with Crippen molar-refractivity contribution in [1.82, 2.24) is 14.8 Å². The minimum atomic E-state index is -0.498. The number of esters is 1. The van der Waals surface area contributed by atoms with E-state index in [1.54, 1.807) is 35.7 Å². The van der Waals surface area contributed by atoms with E-state index in [1.807, 2.05) is 4.57 Å². The summed E-state index contributed by atoms with van der Waals surface area (Å²) in [6, 6.07) is 6.69. The average molecular weight is 541 g/mol. The Hall–Kier alpha value is -2.53. The molecular weight excluding hydrogens is 519 g/mol. The number of nitrogens with one attached hydrogen (secondary N) is 1. The maximum Gasteiger partial charge on any atom is 0.340 e. The van der Waals surface area contributed by atoms with E-state index < -0.39 is 5.97 Å². The molecule has 1 aromatic carbocycles. The summed E-state index contributed by atoms with van der Waals surface area (Å²) in [7, 11) is 1.30. The largest absolute Gasteiger partial charge is 0.492 e. The molecule has 2 heterocycles. The van der Waals surface area contributed by atoms with E-state index in [9.17, 15) is 9.59 Å². The lowest BCUT2D eigenvalue weighted by Gasteiger charge is -2.10. The van der Waals surface area contributed by atoms with Gasteiger partial charge in [0.2, 0.25) is 5.91 Å². The number of methoxy groups -OCH3 is 1. The number of ether oxygens (including phenoxy) is 2. The van der Waals surface area contributed by atoms with Gasteiger partial charge in [-0.15, -0.1) is 28.1 Å². The van der Waals surface area contributed by atoms with E-state index in [0.29, 0.717) is 57.5 Å². The number of anilines is 1. The maximum absolute atomic E-state index is 12.4. The fraction of sp³-hybridized carbons (Fsp3) is 0.273. The molecule has 2 aromatic heterocycles. The Balaban J connectivity index is 1.54. The van der Waals surface area contributed by atoms with Gasteiger partial charge in [0.1, 0.15) is 16.6 Å². The molecule has 0 fully saturated rings. The standard InChI is InChI=1S/C22H22Cl2N4O4S2/c1-3-9-28-18(5-4-10-32-17-7-6-14(23)12-16(17)24)26-27-22(28)34-13-19(29)25-20-15(8-11-33-20)21(30)31-2/h3,6-8,11-12H,1,4-5,9-10,13H2,2H3,(H,25,29). The lowest BCUT2D eigenvalue weighted by Crippen LogP contribution is -2.16. The van der Waals surface area contributed by atoms with Crippen LogP contribution in [0.2, 0.25) is 10.0 Å². The molecule has 180 valence electrons. The highest BCUT2D eigenvalue weighted by molar-refractivity contribution is 7.99. The SMILES string of the molecule is C=CCn1c(CCCOc2ccc(Cl)cc2Cl)nnc1SCC(=O)Nc1sccc1C(=O)OC. The number of halogens is 2. The van der Waals surface area contributed by atoms with Gasteiger partial charge in [0.15, 0.2) is 5.16 Å². The highest BCUT2D eigenvalue weighted by Crippen LogP contribution is 2.28. The van der Waals surface area contributed by atoms with Crippen LogP contribution in [0.4, 0.5) is 5.00 Å². The summed E-state index contributed by atoms with van der Waals surface area (Å²) in [6.07, 6.45) is 3.06. The molecule has 0 atom stereocenters. The van der Waals surface area contributed by atoms with Crippen LogP contribution in [0.5, 0.6) is 5.75 Å². The van der Waals surface area contributed by atoms with Crippen LogP contribution in [0.1, 0.15) is 22.6 Å². The molecule has 34 heavy (non-hydrogen) atoms. The van der Waals surface area contributed by atoms with Crippen molar-refractivity contribution in [2.24, 2.45) is 0 Å². The third kappa shape index (κ3) is 6.99. The number of allylic oxidation sites excluding steroid dienone is 1. The van der Waals surface area contributed by atoms with Gasteiger partial charge in [-0.05, 0) is 36.1 Å². The number of carbonyl (C=O) groups excluding carboxylic acids is 2. The lowest BCUT2D eigenvalue weighted by atomic mass is 10.3. The molecule has 1 N–H and O–H groups in total. The third-order valence-corrected chi connectivity index (χ3v) is 6.78. The van der Waals surface area contributed by atoms with Crippen LogP contribution in [0, 0.1) is 0 Å². The van der Waals surface area contributed by atoms with Crippen molar-refractivity contribution in [2.75, 3.05) is 24.8 Å². The first-order valence-electron chi connectivity index (χ1n) is 10.1. The summed E-state index contributed by atoms with van der Waals surface area (Å²) in [5.41, 5.74) is 0.324. The Morgan fingerprint density at radius 1 is 1.29 bits per heavy atom. The fourth-order valence-corrected chi connectivity index (χ4v) is 4.92. The Kier molecular flexibility index (Phi) is 9.82. The molecule has 0 aliphatic carbocycles. The zero-order valence-corrected chi connectivity index (χ0v) is 21.4. The summed E-state index contributed by atoms with van der Waals surface area (Å²) in [4.78, 5) is 24.2. The number of hydrogen-bond donors (Lipinski definition) is 1. The van der Waals surface area contributed by atoms with E-state index in [1.165, 1.54) is 30.2 Å². The van der Waals surface area contributed by atoms with E-state index in [0.717, 1.165) is 5.82 Å². The summed E-state index contributed by atoms with van der Waals surface area (Å²) in [5.74, 6) is 0.677. The first kappa shape index (κ1) is 26.1. The third-order valence-electron chi connectivity index (χ3n) is 4.46. The van der Waals surface area contributed by atoms with E-state index >= 15 is 0 Å². The van der Waals surface area contributed by atoms with Gasteiger partial charge in [0.05, 0.1) is 30.1 Å². The van der Waals surface area contributed by atoms with Crippen LogP contribution < -0.4 is 10.1 Å². The smallest absolute Gasteiger partial charge is 0.340 e. The van der Waals surface area contributed by atoms with Crippen molar-refractivity contribution in [2.45, 2.75) is 24.5 Å². The number of thiophene rings is 1. The second-order valence-electron chi connectivity index (χ2n) is 6.82. The summed E-state index contributed by atoms with van der Waals surface area (Å²) in [5, 5.41) is 15.0. The molecule has 0 saturated heterocycles. The van der Waals surface area contributed by atoms with Gasteiger partial charge >= 0.3 is 5.97 Å². The molecule has 0 aliphatic heterocycles. The van der Waals surface area contributed by atoms with Gasteiger partial charge in [-0.25, -0.2) is 4.79 Å². The zero-order chi connectivity index (χ0) is 24.5. The Morgan fingerprint density at radius 3 is 2.85 bits per heavy atom. The summed E-state index contributed by atoms with van der Waals surface area (Å²) in [6.45, 7) is 4.74. The van der Waals surface area contributed by atoms with Crippen LogP contribution >= 0.6 is 46.3 Å². The molecule has 0 bridgehead atoms. The molecule has 0 aliphatic rings. The second kappa shape index (κ2) is 12.8. The number of aryl methyl sites for hydroxylation is 1. The fourth-order valence-electron chi connectivity index (χ4n) is 2.90. The van der Waals surface area contributed by atoms with E-state index in [4.69, 9.17) is 32.7 Å². The molecule has 3 aromatic rings. The minimum Gasteiger partial charge on any atom is -0.492 e. The van der Waals surface area contributed by atoms with Crippen molar-refractivity contribution in [3.8, 4) is 5.75 Å². The summed E-state index contributed by atoms with van der Waals surface area (Å²) < 4.78 is 12.4. The minimum absolute atomic E-state index is 0.103. The van der Waals surface area contributed by atoms with E-state index in [2.05, 4.69) is 22.1 Å². The molecule has 0 unspecified atom stereocenters. The van der Waals surface area contributed by atoms with Crippen molar-refractivity contribution in [3.63, 3.8) is 0 Å². The molecule has 8 nitrogen and oxygen atoms in total. The number of amides is 1. The van der Waals surface area contributed by atoms with Crippen LogP contribution in [0.25, 0.3) is 0 Å². The first-order chi connectivity index (χ1) is 16.4. The average Bonchev–Trinajstić information content (AvgIpc) is 3.43. The number of rotatable bonds is 12. The Labute approximate surface area is 215 Å². The lowest BCUT2D eigenvalue weighted by molar-refractivity contribution is -0.113. The molecule has 0 spiro atoms. The normalized spacial score (nSPS) is 10.7. The van der Waals surface area contributed by atoms with E-state index in [-0.39, 0.29) is 11.7 Å². The quantitative estimate of drug-likeness (QED) is 0.143. The van der Waals surface area contributed by atoms with Crippen molar-refractivity contribution >= 4 is 63.2 Å². The van der Waals surface area contributed by atoms with Crippen LogP contribution in [-0.2, 0) is 22.5 Å². The van der Waals surface area contributed by atoms with Crippen LogP contribution in [0.15, 0.2) is 47.5 Å². The molecule has 3 rings (SSSR count). The molecular formula is C22H22Cl2N4O4S2. The second-order valence-corrected chi connectivity index (χ2v) is 9.52. The highest BCUT2D eigenvalue weighted by atomic mass is 35.5.